The zero-order valence-electron chi connectivity index (χ0n) is 3.73. The Morgan fingerprint density at radius 1 is 1.88 bits per heavy atom. The number of nitro groups is 1. The Morgan fingerprint density at radius 3 is 2.50 bits per heavy atom. The van der Waals surface area contributed by atoms with Crippen molar-refractivity contribution in [2.45, 2.75) is 0 Å². The Balaban J connectivity index is 3.40. The van der Waals surface area contributed by atoms with Crippen LogP contribution in [0.2, 0.25) is 0 Å². The highest BCUT2D eigenvalue weighted by Crippen LogP contribution is 1.72. The highest BCUT2D eigenvalue weighted by Gasteiger charge is 2.08. The fourth-order valence-corrected chi connectivity index (χ4v) is 0.134. The Hall–Kier alpha value is -1.17. The molecule has 6 heteroatoms. The van der Waals surface area contributed by atoms with Gasteiger partial charge in [0.2, 0.25) is 0 Å². The lowest BCUT2D eigenvalue weighted by Gasteiger charge is -1.85. The third-order valence-electron chi connectivity index (χ3n) is 0.360. The summed E-state index contributed by atoms with van der Waals surface area (Å²) in [5, 5.41) is 16.8. The van der Waals surface area contributed by atoms with Crippen LogP contribution in [0.1, 0.15) is 0 Å². The molecule has 6 nitrogen and oxygen atoms in total. The normalized spacial score (nSPS) is 8.12. The minimum Gasteiger partial charge on any atom is -0.293 e. The van der Waals surface area contributed by atoms with Gasteiger partial charge in [-0.05, 0) is 0 Å². The van der Waals surface area contributed by atoms with Gasteiger partial charge in [0.15, 0.2) is 0 Å². The van der Waals surface area contributed by atoms with Gasteiger partial charge in [-0.3, -0.25) is 15.0 Å². The van der Waals surface area contributed by atoms with E-state index in [1.54, 1.807) is 0 Å². The molecule has 0 saturated heterocycles. The molecule has 0 bridgehead atoms. The van der Waals surface area contributed by atoms with Crippen molar-refractivity contribution in [1.82, 2.24) is 0 Å². The molecule has 0 aliphatic carbocycles. The second kappa shape index (κ2) is 2.92. The van der Waals surface area contributed by atoms with Crippen molar-refractivity contribution in [3.05, 3.63) is 10.1 Å². The van der Waals surface area contributed by atoms with Crippen LogP contribution in [0.4, 0.5) is 0 Å². The molecular formula is C2H3NO5. The molecule has 0 aromatic rings. The van der Waals surface area contributed by atoms with Gasteiger partial charge in [-0.1, -0.05) is 0 Å². The van der Waals surface area contributed by atoms with E-state index in [2.05, 4.69) is 4.89 Å². The molecule has 0 aliphatic rings. The lowest BCUT2D eigenvalue weighted by Crippen LogP contribution is -2.14. The fraction of sp³-hybridized carbons (Fsp3) is 0.500. The number of carbonyl (C=O) groups is 1. The molecule has 1 N–H and O–H groups in total. The zero-order valence-corrected chi connectivity index (χ0v) is 3.73. The fourth-order valence-electron chi connectivity index (χ4n) is 0.134. The van der Waals surface area contributed by atoms with Crippen LogP contribution in [0.15, 0.2) is 0 Å². The summed E-state index contributed by atoms with van der Waals surface area (Å²) in [6.45, 7) is -1.00. The lowest BCUT2D eigenvalue weighted by atomic mass is 10.7. The van der Waals surface area contributed by atoms with Gasteiger partial charge in [-0.25, -0.2) is 4.79 Å². The summed E-state index contributed by atoms with van der Waals surface area (Å²) in [6, 6.07) is 0. The third-order valence-corrected chi connectivity index (χ3v) is 0.360. The first-order valence-electron chi connectivity index (χ1n) is 1.63. The number of rotatable bonds is 2. The van der Waals surface area contributed by atoms with Crippen LogP contribution in [0.5, 0.6) is 0 Å². The highest BCUT2D eigenvalue weighted by molar-refractivity contribution is 5.69. The maximum absolute atomic E-state index is 9.71. The number of carbonyl (C=O) groups excluding carboxylic acids is 1. The first-order chi connectivity index (χ1) is 3.66. The summed E-state index contributed by atoms with van der Waals surface area (Å²) >= 11 is 0. The van der Waals surface area contributed by atoms with E-state index >= 15 is 0 Å². The topological polar surface area (TPSA) is 89.7 Å². The molecule has 0 aromatic heterocycles. The van der Waals surface area contributed by atoms with E-state index in [0.717, 1.165) is 0 Å². The average molecular weight is 121 g/mol. The second-order valence-corrected chi connectivity index (χ2v) is 0.954. The minimum absolute atomic E-state index is 0.904. The Kier molecular flexibility index (Phi) is 2.49. The van der Waals surface area contributed by atoms with Crippen LogP contribution >= 0.6 is 0 Å². The molecule has 0 fully saturated rings. The summed E-state index contributed by atoms with van der Waals surface area (Å²) in [7, 11) is 0. The molecule has 0 aliphatic heterocycles. The predicted octanol–water partition coefficient (Wildman–Crippen LogP) is -0.721. The van der Waals surface area contributed by atoms with Crippen molar-refractivity contribution >= 4 is 5.97 Å². The van der Waals surface area contributed by atoms with Crippen molar-refractivity contribution < 1.29 is 19.9 Å². The summed E-state index contributed by atoms with van der Waals surface area (Å²) in [5.41, 5.74) is 0. The molecular weight excluding hydrogens is 118 g/mol. The van der Waals surface area contributed by atoms with E-state index in [-0.39, 0.29) is 0 Å². The summed E-state index contributed by atoms with van der Waals surface area (Å²) < 4.78 is 0. The summed E-state index contributed by atoms with van der Waals surface area (Å²) in [4.78, 5) is 21.1. The molecule has 0 unspecified atom stereocenters. The van der Waals surface area contributed by atoms with E-state index in [1.165, 1.54) is 0 Å². The summed E-state index contributed by atoms with van der Waals surface area (Å²) in [5.74, 6) is -1.27. The standard InChI is InChI=1S/C2H3NO5/c4-2(8-7)1-3(5)6/h7H,1H2. The first kappa shape index (κ1) is 6.83. The molecule has 0 atom stereocenters. The molecule has 8 heavy (non-hydrogen) atoms. The van der Waals surface area contributed by atoms with Crippen LogP contribution in [0.25, 0.3) is 0 Å². The third kappa shape index (κ3) is 3.04. The van der Waals surface area contributed by atoms with Gasteiger partial charge in [0.1, 0.15) is 0 Å². The number of hydrogen-bond donors (Lipinski definition) is 1. The van der Waals surface area contributed by atoms with E-state index in [9.17, 15) is 14.9 Å². The van der Waals surface area contributed by atoms with Gasteiger partial charge in [0.25, 0.3) is 0 Å². The van der Waals surface area contributed by atoms with Crippen LogP contribution in [-0.4, -0.2) is 22.7 Å². The average Bonchev–Trinajstić information content (AvgIpc) is 1.65. The van der Waals surface area contributed by atoms with Crippen molar-refractivity contribution in [3.63, 3.8) is 0 Å². The van der Waals surface area contributed by atoms with Gasteiger partial charge >= 0.3 is 12.5 Å². The smallest absolute Gasteiger partial charge is 0.293 e. The summed E-state index contributed by atoms with van der Waals surface area (Å²) in [6.07, 6.45) is 0. The Bertz CT molecular complexity index is 109. The van der Waals surface area contributed by atoms with Crippen LogP contribution < -0.4 is 0 Å². The van der Waals surface area contributed by atoms with Gasteiger partial charge in [-0.15, -0.1) is 0 Å². The maximum atomic E-state index is 9.71. The predicted molar refractivity (Wildman–Crippen MR) is 20.6 cm³/mol. The van der Waals surface area contributed by atoms with E-state index in [0.29, 0.717) is 0 Å². The Labute approximate surface area is 43.8 Å². The van der Waals surface area contributed by atoms with Crippen molar-refractivity contribution in [3.8, 4) is 0 Å². The van der Waals surface area contributed by atoms with Gasteiger partial charge < -0.3 is 0 Å². The van der Waals surface area contributed by atoms with E-state index in [4.69, 9.17) is 5.26 Å². The van der Waals surface area contributed by atoms with Crippen molar-refractivity contribution in [1.29, 1.82) is 0 Å². The number of nitrogens with zero attached hydrogens (tertiary/aromatic N) is 1. The second-order valence-electron chi connectivity index (χ2n) is 0.954. The van der Waals surface area contributed by atoms with Crippen molar-refractivity contribution in [2.24, 2.45) is 0 Å². The molecule has 0 aromatic carbocycles. The molecule has 0 radical (unpaired) electrons. The highest BCUT2D eigenvalue weighted by atomic mass is 17.1. The van der Waals surface area contributed by atoms with E-state index in [1.807, 2.05) is 0 Å². The van der Waals surface area contributed by atoms with E-state index < -0.39 is 17.4 Å². The first-order valence-corrected chi connectivity index (χ1v) is 1.63. The van der Waals surface area contributed by atoms with Crippen molar-refractivity contribution in [2.75, 3.05) is 6.54 Å². The monoisotopic (exact) mass is 121 g/mol. The Morgan fingerprint density at radius 2 is 2.38 bits per heavy atom. The molecule has 46 valence electrons. The zero-order chi connectivity index (χ0) is 6.57. The van der Waals surface area contributed by atoms with Crippen LogP contribution in [0.3, 0.4) is 0 Å². The maximum Gasteiger partial charge on any atom is 0.412 e. The SMILES string of the molecule is O=C(C[N+](=O)[O-])OO. The molecule has 0 rings (SSSR count). The van der Waals surface area contributed by atoms with Crippen LogP contribution in [0, 0.1) is 10.1 Å². The molecule has 0 amide bonds. The lowest BCUT2D eigenvalue weighted by molar-refractivity contribution is -0.473. The number of hydrogen-bond acceptors (Lipinski definition) is 5. The minimum atomic E-state index is -1.27. The van der Waals surface area contributed by atoms with Gasteiger partial charge in [-0.2, -0.15) is 5.26 Å². The van der Waals surface area contributed by atoms with Gasteiger partial charge in [0, 0.05) is 4.92 Å². The van der Waals surface area contributed by atoms with Gasteiger partial charge in [0.05, 0.1) is 0 Å². The van der Waals surface area contributed by atoms with Crippen LogP contribution in [-0.2, 0) is 9.68 Å². The quantitative estimate of drug-likeness (QED) is 0.295. The molecule has 0 spiro atoms. The molecule has 0 saturated carbocycles. The largest absolute Gasteiger partial charge is 0.412 e. The molecule has 0 heterocycles.